The van der Waals surface area contributed by atoms with Crippen LogP contribution in [-0.4, -0.2) is 58.4 Å². The van der Waals surface area contributed by atoms with Gasteiger partial charge >= 0.3 is 5.97 Å². The van der Waals surface area contributed by atoms with Crippen LogP contribution >= 0.6 is 11.6 Å². The van der Waals surface area contributed by atoms with Crippen LogP contribution in [0, 0.1) is 5.92 Å². The molecule has 0 saturated carbocycles. The quantitative estimate of drug-likeness (QED) is 0.907. The number of carboxylic acids is 1. The number of amides is 2. The lowest BCUT2D eigenvalue weighted by molar-refractivity contribution is -0.141. The van der Waals surface area contributed by atoms with E-state index in [1.165, 1.54) is 0 Å². The Hall–Kier alpha value is -2.08. The molecule has 2 aliphatic rings. The molecule has 23 heavy (non-hydrogen) atoms. The highest BCUT2D eigenvalue weighted by molar-refractivity contribution is 6.30. The molecule has 2 saturated heterocycles. The molecule has 2 fully saturated rings. The molecule has 2 aliphatic heterocycles. The molecule has 1 N–H and O–H groups in total. The van der Waals surface area contributed by atoms with Gasteiger partial charge in [-0.1, -0.05) is 11.6 Å². The van der Waals surface area contributed by atoms with Crippen molar-refractivity contribution in [3.63, 3.8) is 0 Å². The van der Waals surface area contributed by atoms with Gasteiger partial charge in [-0.2, -0.15) is 0 Å². The van der Waals surface area contributed by atoms with Crippen molar-refractivity contribution in [3.05, 3.63) is 34.9 Å². The Bertz CT molecular complexity index is 646. The molecule has 122 valence electrons. The third-order valence-electron chi connectivity index (χ3n) is 4.49. The molecule has 6 nitrogen and oxygen atoms in total. The van der Waals surface area contributed by atoms with E-state index in [-0.39, 0.29) is 30.8 Å². The van der Waals surface area contributed by atoms with E-state index < -0.39 is 11.9 Å². The lowest BCUT2D eigenvalue weighted by atomic mass is 10.1. The first-order valence-electron chi connectivity index (χ1n) is 7.53. The van der Waals surface area contributed by atoms with Crippen molar-refractivity contribution in [1.82, 2.24) is 9.80 Å². The molecule has 0 spiro atoms. The largest absolute Gasteiger partial charge is 0.481 e. The predicted octanol–water partition coefficient (Wildman–Crippen LogP) is 1.49. The number of hydrogen-bond donors (Lipinski definition) is 1. The summed E-state index contributed by atoms with van der Waals surface area (Å²) in [4.78, 5) is 38.8. The molecule has 0 aromatic heterocycles. The number of hydrogen-bond acceptors (Lipinski definition) is 3. The summed E-state index contributed by atoms with van der Waals surface area (Å²) in [5, 5.41) is 9.62. The standard InChI is InChI=1S/C16H17ClN2O4/c17-12-3-1-10(2-4-12)15(21)18-6-5-13(9-18)19-8-11(16(22)23)7-14(19)20/h1-4,11,13H,5-9H2,(H,22,23). The van der Waals surface area contributed by atoms with E-state index in [9.17, 15) is 14.4 Å². The van der Waals surface area contributed by atoms with Gasteiger partial charge in [0.25, 0.3) is 5.91 Å². The molecule has 0 radical (unpaired) electrons. The van der Waals surface area contributed by atoms with Crippen molar-refractivity contribution in [3.8, 4) is 0 Å². The first-order valence-corrected chi connectivity index (χ1v) is 7.90. The smallest absolute Gasteiger partial charge is 0.308 e. The summed E-state index contributed by atoms with van der Waals surface area (Å²) in [6, 6.07) is 6.61. The SMILES string of the molecule is O=C(O)C1CC(=O)N(C2CCN(C(=O)c3ccc(Cl)cc3)C2)C1. The maximum atomic E-state index is 12.5. The molecule has 1 aromatic rings. The summed E-state index contributed by atoms with van der Waals surface area (Å²) in [5.41, 5.74) is 0.561. The Labute approximate surface area is 138 Å². The third kappa shape index (κ3) is 3.17. The second-order valence-electron chi connectivity index (χ2n) is 5.99. The first kappa shape index (κ1) is 15.8. The fourth-order valence-corrected chi connectivity index (χ4v) is 3.33. The van der Waals surface area contributed by atoms with Crippen LogP contribution in [0.2, 0.25) is 5.02 Å². The number of likely N-dealkylation sites (tertiary alicyclic amines) is 2. The Balaban J connectivity index is 1.64. The van der Waals surface area contributed by atoms with E-state index in [4.69, 9.17) is 16.7 Å². The van der Waals surface area contributed by atoms with Crippen molar-refractivity contribution in [1.29, 1.82) is 0 Å². The van der Waals surface area contributed by atoms with E-state index in [0.29, 0.717) is 30.1 Å². The van der Waals surface area contributed by atoms with E-state index in [0.717, 1.165) is 0 Å². The molecule has 2 atom stereocenters. The first-order chi connectivity index (χ1) is 11.0. The van der Waals surface area contributed by atoms with Crippen molar-refractivity contribution in [2.75, 3.05) is 19.6 Å². The summed E-state index contributed by atoms with van der Waals surface area (Å²) in [5.74, 6) is -1.80. The second-order valence-corrected chi connectivity index (χ2v) is 6.42. The maximum Gasteiger partial charge on any atom is 0.308 e. The Morgan fingerprint density at radius 1 is 1.17 bits per heavy atom. The van der Waals surface area contributed by atoms with Crippen molar-refractivity contribution in [2.24, 2.45) is 5.92 Å². The Morgan fingerprint density at radius 3 is 2.48 bits per heavy atom. The Kier molecular flexibility index (Phi) is 4.26. The average Bonchev–Trinajstić information content (AvgIpc) is 3.13. The molecular formula is C16H17ClN2O4. The molecule has 2 unspecified atom stereocenters. The van der Waals surface area contributed by atoms with Crippen LogP contribution in [0.4, 0.5) is 0 Å². The van der Waals surface area contributed by atoms with Gasteiger partial charge in [-0.15, -0.1) is 0 Å². The normalized spacial score (nSPS) is 24.3. The third-order valence-corrected chi connectivity index (χ3v) is 4.74. The van der Waals surface area contributed by atoms with Gasteiger partial charge in [0.2, 0.25) is 5.91 Å². The topological polar surface area (TPSA) is 77.9 Å². The van der Waals surface area contributed by atoms with Crippen molar-refractivity contribution < 1.29 is 19.5 Å². The zero-order chi connectivity index (χ0) is 16.6. The summed E-state index contributed by atoms with van der Waals surface area (Å²) in [6.07, 6.45) is 0.731. The van der Waals surface area contributed by atoms with Crippen molar-refractivity contribution in [2.45, 2.75) is 18.9 Å². The van der Waals surface area contributed by atoms with Gasteiger partial charge in [0.15, 0.2) is 0 Å². The minimum absolute atomic E-state index is 0.0525. The summed E-state index contributed by atoms with van der Waals surface area (Å²) >= 11 is 5.82. The predicted molar refractivity (Wildman–Crippen MR) is 83.2 cm³/mol. The zero-order valence-corrected chi connectivity index (χ0v) is 13.2. The molecular weight excluding hydrogens is 320 g/mol. The average molecular weight is 337 g/mol. The van der Waals surface area contributed by atoms with Gasteiger partial charge in [0, 0.05) is 36.6 Å². The van der Waals surface area contributed by atoms with E-state index in [1.54, 1.807) is 34.1 Å². The van der Waals surface area contributed by atoms with Crippen LogP contribution in [0.5, 0.6) is 0 Å². The number of carboxylic acid groups (broad SMARTS) is 1. The lowest BCUT2D eigenvalue weighted by Gasteiger charge is -2.24. The number of benzene rings is 1. The van der Waals surface area contributed by atoms with Gasteiger partial charge in [0.1, 0.15) is 0 Å². The minimum atomic E-state index is -0.937. The summed E-state index contributed by atoms with van der Waals surface area (Å²) in [6.45, 7) is 1.25. The number of carbonyl (C=O) groups excluding carboxylic acids is 2. The van der Waals surface area contributed by atoms with Gasteiger partial charge < -0.3 is 14.9 Å². The fraction of sp³-hybridized carbons (Fsp3) is 0.438. The van der Waals surface area contributed by atoms with Crippen LogP contribution < -0.4 is 0 Å². The number of carbonyl (C=O) groups is 3. The highest BCUT2D eigenvalue weighted by atomic mass is 35.5. The van der Waals surface area contributed by atoms with Crippen LogP contribution in [0.3, 0.4) is 0 Å². The monoisotopic (exact) mass is 336 g/mol. The van der Waals surface area contributed by atoms with Crippen LogP contribution in [0.25, 0.3) is 0 Å². The van der Waals surface area contributed by atoms with E-state index in [2.05, 4.69) is 0 Å². The highest BCUT2D eigenvalue weighted by Gasteiger charge is 2.40. The fourth-order valence-electron chi connectivity index (χ4n) is 3.21. The summed E-state index contributed by atoms with van der Waals surface area (Å²) in [7, 11) is 0. The van der Waals surface area contributed by atoms with Gasteiger partial charge in [-0.25, -0.2) is 0 Å². The zero-order valence-electron chi connectivity index (χ0n) is 12.4. The maximum absolute atomic E-state index is 12.5. The molecule has 0 aliphatic carbocycles. The lowest BCUT2D eigenvalue weighted by Crippen LogP contribution is -2.40. The molecule has 2 heterocycles. The van der Waals surface area contributed by atoms with Crippen LogP contribution in [0.1, 0.15) is 23.2 Å². The van der Waals surface area contributed by atoms with E-state index >= 15 is 0 Å². The summed E-state index contributed by atoms with van der Waals surface area (Å²) < 4.78 is 0. The molecule has 1 aromatic carbocycles. The number of aliphatic carboxylic acids is 1. The Morgan fingerprint density at radius 2 is 1.87 bits per heavy atom. The highest BCUT2D eigenvalue weighted by Crippen LogP contribution is 2.26. The van der Waals surface area contributed by atoms with Crippen LogP contribution in [0.15, 0.2) is 24.3 Å². The van der Waals surface area contributed by atoms with Gasteiger partial charge in [0.05, 0.1) is 12.0 Å². The molecule has 0 bridgehead atoms. The number of nitrogens with zero attached hydrogens (tertiary/aromatic N) is 2. The van der Waals surface area contributed by atoms with Gasteiger partial charge in [-0.05, 0) is 30.7 Å². The molecule has 2 amide bonds. The number of halogens is 1. The molecule has 7 heteroatoms. The van der Waals surface area contributed by atoms with Crippen molar-refractivity contribution >= 4 is 29.4 Å². The van der Waals surface area contributed by atoms with Gasteiger partial charge in [-0.3, -0.25) is 14.4 Å². The molecule has 3 rings (SSSR count). The number of rotatable bonds is 3. The minimum Gasteiger partial charge on any atom is -0.481 e. The van der Waals surface area contributed by atoms with E-state index in [1.807, 2.05) is 0 Å². The second kappa shape index (κ2) is 6.20. The van der Waals surface area contributed by atoms with Crippen LogP contribution in [-0.2, 0) is 9.59 Å².